The third-order valence-corrected chi connectivity index (χ3v) is 5.93. The van der Waals surface area contributed by atoms with E-state index in [9.17, 15) is 19.7 Å². The van der Waals surface area contributed by atoms with Gasteiger partial charge in [0.05, 0.1) is 15.8 Å². The Bertz CT molecular complexity index is 1270. The number of nitro groups is 1. The lowest BCUT2D eigenvalue weighted by Crippen LogP contribution is -2.26. The van der Waals surface area contributed by atoms with E-state index in [4.69, 9.17) is 23.8 Å². The average molecular weight is 475 g/mol. The SMILES string of the molecule is CN(Cc1cc([N+](=O)[O-])ccc1Cl)C(=O)CCCCCn1c(=S)[nH]c2ccccc2c1=O. The highest BCUT2D eigenvalue weighted by Crippen LogP contribution is 2.23. The third-order valence-electron chi connectivity index (χ3n) is 5.24. The summed E-state index contributed by atoms with van der Waals surface area (Å²) in [5.41, 5.74) is 1.07. The number of halogens is 1. The number of H-pyrrole nitrogens is 1. The fraction of sp³-hybridized carbons (Fsp3) is 0.318. The van der Waals surface area contributed by atoms with Crippen LogP contribution >= 0.6 is 23.8 Å². The summed E-state index contributed by atoms with van der Waals surface area (Å²) in [5.74, 6) is -0.0762. The number of hydrogen-bond acceptors (Lipinski definition) is 5. The van der Waals surface area contributed by atoms with Gasteiger partial charge in [-0.25, -0.2) is 0 Å². The van der Waals surface area contributed by atoms with Crippen LogP contribution < -0.4 is 5.56 Å². The highest BCUT2D eigenvalue weighted by Gasteiger charge is 2.14. The fourth-order valence-corrected chi connectivity index (χ4v) is 3.92. The predicted molar refractivity (Wildman–Crippen MR) is 126 cm³/mol. The van der Waals surface area contributed by atoms with Gasteiger partial charge in [0.2, 0.25) is 5.91 Å². The number of amides is 1. The second kappa shape index (κ2) is 10.5. The largest absolute Gasteiger partial charge is 0.341 e. The van der Waals surface area contributed by atoms with E-state index < -0.39 is 4.92 Å². The molecule has 0 bridgehead atoms. The van der Waals surface area contributed by atoms with Gasteiger partial charge in [-0.2, -0.15) is 0 Å². The number of aromatic amines is 1. The molecule has 10 heteroatoms. The van der Waals surface area contributed by atoms with Crippen molar-refractivity contribution in [2.75, 3.05) is 7.05 Å². The number of non-ortho nitro benzene ring substituents is 1. The molecule has 1 N–H and O–H groups in total. The molecular formula is C22H23ClN4O4S. The summed E-state index contributed by atoms with van der Waals surface area (Å²) >= 11 is 11.4. The second-order valence-corrected chi connectivity index (χ2v) is 8.32. The molecular weight excluding hydrogens is 452 g/mol. The van der Waals surface area contributed by atoms with Crippen molar-refractivity contribution < 1.29 is 9.72 Å². The zero-order chi connectivity index (χ0) is 23.3. The smallest absolute Gasteiger partial charge is 0.269 e. The van der Waals surface area contributed by atoms with E-state index in [-0.39, 0.29) is 23.7 Å². The molecule has 0 aliphatic carbocycles. The Labute approximate surface area is 194 Å². The minimum absolute atomic E-state index is 0.0625. The lowest BCUT2D eigenvalue weighted by atomic mass is 10.1. The standard InChI is InChI=1S/C22H23ClN4O4S/c1-25(14-15-13-16(27(30)31)10-11-18(15)23)20(28)9-3-2-6-12-26-21(29)17-7-4-5-8-19(17)24-22(26)32/h4-5,7-8,10-11,13H,2-3,6,9,12,14H2,1H3,(H,24,32). The lowest BCUT2D eigenvalue weighted by molar-refractivity contribution is -0.384. The van der Waals surface area contributed by atoms with E-state index in [2.05, 4.69) is 4.98 Å². The van der Waals surface area contributed by atoms with E-state index >= 15 is 0 Å². The molecule has 1 amide bonds. The van der Waals surface area contributed by atoms with Crippen molar-refractivity contribution in [3.05, 3.63) is 78.3 Å². The number of carbonyl (C=O) groups is 1. The molecule has 2 aromatic carbocycles. The molecule has 0 aliphatic heterocycles. The molecule has 1 heterocycles. The molecule has 0 saturated heterocycles. The van der Waals surface area contributed by atoms with Gasteiger partial charge in [0.1, 0.15) is 0 Å². The van der Waals surface area contributed by atoms with Crippen molar-refractivity contribution in [1.29, 1.82) is 0 Å². The molecule has 32 heavy (non-hydrogen) atoms. The normalized spacial score (nSPS) is 10.9. The predicted octanol–water partition coefficient (Wildman–Crippen LogP) is 4.84. The maximum absolute atomic E-state index is 12.6. The Morgan fingerprint density at radius 1 is 1.22 bits per heavy atom. The summed E-state index contributed by atoms with van der Waals surface area (Å²) in [6.45, 7) is 0.674. The van der Waals surface area contributed by atoms with Crippen molar-refractivity contribution in [2.24, 2.45) is 0 Å². The van der Waals surface area contributed by atoms with Crippen molar-refractivity contribution in [2.45, 2.75) is 38.8 Å². The van der Waals surface area contributed by atoms with Crippen LogP contribution in [0, 0.1) is 14.9 Å². The zero-order valence-electron chi connectivity index (χ0n) is 17.5. The molecule has 168 valence electrons. The number of benzene rings is 2. The molecule has 3 aromatic rings. The Hall–Kier alpha value is -3.04. The van der Waals surface area contributed by atoms with Crippen LogP contribution in [0.3, 0.4) is 0 Å². The monoisotopic (exact) mass is 474 g/mol. The topological polar surface area (TPSA) is 101 Å². The van der Waals surface area contributed by atoms with Gasteiger partial charge < -0.3 is 9.88 Å². The van der Waals surface area contributed by atoms with Crippen LogP contribution in [0.5, 0.6) is 0 Å². The first-order chi connectivity index (χ1) is 15.3. The number of rotatable bonds is 9. The van der Waals surface area contributed by atoms with Crippen LogP contribution in [-0.4, -0.2) is 32.3 Å². The Balaban J connectivity index is 1.50. The molecule has 0 spiro atoms. The number of nitro benzene ring substituents is 1. The molecule has 3 rings (SSSR count). The number of aromatic nitrogens is 2. The lowest BCUT2D eigenvalue weighted by Gasteiger charge is -2.18. The summed E-state index contributed by atoms with van der Waals surface area (Å²) in [6.07, 6.45) is 2.46. The average Bonchev–Trinajstić information content (AvgIpc) is 2.76. The van der Waals surface area contributed by atoms with E-state index in [0.29, 0.717) is 46.6 Å². The first-order valence-electron chi connectivity index (χ1n) is 10.2. The van der Waals surface area contributed by atoms with Gasteiger partial charge in [0, 0.05) is 43.7 Å². The fourth-order valence-electron chi connectivity index (χ4n) is 3.46. The summed E-state index contributed by atoms with van der Waals surface area (Å²) in [4.78, 5) is 40.1. The van der Waals surface area contributed by atoms with E-state index in [1.165, 1.54) is 23.1 Å². The number of unbranched alkanes of at least 4 members (excludes halogenated alkanes) is 2. The maximum Gasteiger partial charge on any atom is 0.269 e. The maximum atomic E-state index is 12.6. The Kier molecular flexibility index (Phi) is 7.76. The molecule has 0 saturated carbocycles. The van der Waals surface area contributed by atoms with Crippen LogP contribution in [-0.2, 0) is 17.9 Å². The highest BCUT2D eigenvalue weighted by atomic mass is 35.5. The zero-order valence-corrected chi connectivity index (χ0v) is 19.1. The van der Waals surface area contributed by atoms with Gasteiger partial charge in [-0.05, 0) is 48.8 Å². The van der Waals surface area contributed by atoms with Gasteiger partial charge >= 0.3 is 0 Å². The number of hydrogen-bond donors (Lipinski definition) is 1. The first-order valence-corrected chi connectivity index (χ1v) is 10.9. The highest BCUT2D eigenvalue weighted by molar-refractivity contribution is 7.71. The van der Waals surface area contributed by atoms with E-state index in [0.717, 1.165) is 11.9 Å². The Morgan fingerprint density at radius 2 is 1.97 bits per heavy atom. The van der Waals surface area contributed by atoms with E-state index in [1.54, 1.807) is 17.7 Å². The molecule has 0 radical (unpaired) electrons. The number of carbonyl (C=O) groups excluding carboxylic acids is 1. The Morgan fingerprint density at radius 3 is 2.72 bits per heavy atom. The number of fused-ring (bicyclic) bond motifs is 1. The summed E-state index contributed by atoms with van der Waals surface area (Å²) in [5, 5.41) is 11.9. The van der Waals surface area contributed by atoms with Gasteiger partial charge in [0.25, 0.3) is 11.2 Å². The molecule has 0 atom stereocenters. The van der Waals surface area contributed by atoms with Crippen LogP contribution in [0.25, 0.3) is 10.9 Å². The summed E-state index contributed by atoms with van der Waals surface area (Å²) in [7, 11) is 1.64. The van der Waals surface area contributed by atoms with Crippen molar-refractivity contribution in [3.63, 3.8) is 0 Å². The summed E-state index contributed by atoms with van der Waals surface area (Å²) < 4.78 is 1.94. The number of para-hydroxylation sites is 1. The van der Waals surface area contributed by atoms with Gasteiger partial charge in [-0.15, -0.1) is 0 Å². The van der Waals surface area contributed by atoms with Crippen molar-refractivity contribution in [3.8, 4) is 0 Å². The van der Waals surface area contributed by atoms with Crippen molar-refractivity contribution >= 4 is 46.3 Å². The quantitative estimate of drug-likeness (QED) is 0.207. The molecule has 0 aliphatic rings. The van der Waals surface area contributed by atoms with Crippen LogP contribution in [0.15, 0.2) is 47.3 Å². The first kappa shape index (κ1) is 23.6. The van der Waals surface area contributed by atoms with Gasteiger partial charge in [-0.3, -0.25) is 24.3 Å². The molecule has 0 fully saturated rings. The van der Waals surface area contributed by atoms with Crippen LogP contribution in [0.1, 0.15) is 31.2 Å². The second-order valence-electron chi connectivity index (χ2n) is 7.53. The third kappa shape index (κ3) is 5.60. The van der Waals surface area contributed by atoms with Crippen LogP contribution in [0.4, 0.5) is 5.69 Å². The van der Waals surface area contributed by atoms with E-state index in [1.807, 2.05) is 18.2 Å². The minimum atomic E-state index is -0.492. The molecule has 1 aromatic heterocycles. The number of nitrogens with zero attached hydrogens (tertiary/aromatic N) is 3. The van der Waals surface area contributed by atoms with Crippen molar-refractivity contribution in [1.82, 2.24) is 14.5 Å². The van der Waals surface area contributed by atoms with Gasteiger partial charge in [0.15, 0.2) is 4.77 Å². The number of nitrogens with one attached hydrogen (secondary N) is 1. The summed E-state index contributed by atoms with van der Waals surface area (Å²) in [6, 6.07) is 11.4. The van der Waals surface area contributed by atoms with Gasteiger partial charge in [-0.1, -0.05) is 30.2 Å². The molecule has 8 nitrogen and oxygen atoms in total. The molecule has 0 unspecified atom stereocenters. The van der Waals surface area contributed by atoms with Crippen LogP contribution in [0.2, 0.25) is 5.02 Å². The minimum Gasteiger partial charge on any atom is -0.341 e.